The van der Waals surface area contributed by atoms with Crippen LogP contribution in [0.2, 0.25) is 5.02 Å². The van der Waals surface area contributed by atoms with Gasteiger partial charge in [-0.25, -0.2) is 0 Å². The number of aryl methyl sites for hydroxylation is 2. The van der Waals surface area contributed by atoms with Gasteiger partial charge in [0, 0.05) is 7.05 Å². The van der Waals surface area contributed by atoms with E-state index >= 15 is 0 Å². The van der Waals surface area contributed by atoms with Crippen LogP contribution in [0.4, 0.5) is 5.69 Å². The van der Waals surface area contributed by atoms with Crippen molar-refractivity contribution in [2.75, 3.05) is 24.7 Å². The van der Waals surface area contributed by atoms with Crippen molar-refractivity contribution >= 4 is 40.9 Å². The third-order valence-electron chi connectivity index (χ3n) is 4.43. The standard InChI is InChI=1S/C21H22ClN5O2S/c1-14-8-4-7-11-18(14)27-15(2)24-25-21(27)30-13-20(29)26(3)12-19(28)23-17-10-6-5-9-16(17)22/h4-11H,12-13H2,1-3H3,(H,23,28). The smallest absolute Gasteiger partial charge is 0.244 e. The fourth-order valence-corrected chi connectivity index (χ4v) is 3.93. The molecule has 3 rings (SSSR count). The molecule has 0 fully saturated rings. The molecular formula is C21H22ClN5O2S. The first-order valence-electron chi connectivity index (χ1n) is 9.26. The molecule has 0 aliphatic rings. The van der Waals surface area contributed by atoms with E-state index in [1.54, 1.807) is 31.3 Å². The van der Waals surface area contributed by atoms with Crippen molar-refractivity contribution in [2.24, 2.45) is 0 Å². The summed E-state index contributed by atoms with van der Waals surface area (Å²) in [6.45, 7) is 3.81. The predicted molar refractivity (Wildman–Crippen MR) is 119 cm³/mol. The summed E-state index contributed by atoms with van der Waals surface area (Å²) in [5, 5.41) is 12.1. The lowest BCUT2D eigenvalue weighted by atomic mass is 10.2. The van der Waals surface area contributed by atoms with Crippen LogP contribution in [0.1, 0.15) is 11.4 Å². The summed E-state index contributed by atoms with van der Waals surface area (Å²) in [5.74, 6) is 0.376. The SMILES string of the molecule is Cc1ccccc1-n1c(C)nnc1SCC(=O)N(C)CC(=O)Nc1ccccc1Cl. The molecule has 0 radical (unpaired) electrons. The molecule has 2 aromatic carbocycles. The van der Waals surface area contributed by atoms with Crippen LogP contribution in [0.3, 0.4) is 0 Å². The Morgan fingerprint density at radius 1 is 1.10 bits per heavy atom. The minimum absolute atomic E-state index is 0.0753. The summed E-state index contributed by atoms with van der Waals surface area (Å²) in [6.07, 6.45) is 0. The van der Waals surface area contributed by atoms with E-state index in [1.807, 2.05) is 42.7 Å². The van der Waals surface area contributed by atoms with Crippen LogP contribution in [-0.2, 0) is 9.59 Å². The number of likely N-dealkylation sites (N-methyl/N-ethyl adjacent to an activating group) is 1. The van der Waals surface area contributed by atoms with E-state index in [-0.39, 0.29) is 24.1 Å². The first-order valence-corrected chi connectivity index (χ1v) is 10.6. The van der Waals surface area contributed by atoms with Gasteiger partial charge in [0.1, 0.15) is 5.82 Å². The molecule has 2 amide bonds. The number of carbonyl (C=O) groups excluding carboxylic acids is 2. The monoisotopic (exact) mass is 443 g/mol. The number of nitrogens with one attached hydrogen (secondary N) is 1. The fourth-order valence-electron chi connectivity index (χ4n) is 2.82. The van der Waals surface area contributed by atoms with Crippen molar-refractivity contribution in [1.82, 2.24) is 19.7 Å². The molecule has 1 N–H and O–H groups in total. The highest BCUT2D eigenvalue weighted by Gasteiger charge is 2.18. The van der Waals surface area contributed by atoms with Gasteiger partial charge in [-0.15, -0.1) is 10.2 Å². The molecule has 0 spiro atoms. The zero-order chi connectivity index (χ0) is 21.7. The maximum atomic E-state index is 12.5. The Hall–Kier alpha value is -2.84. The van der Waals surface area contributed by atoms with Crippen LogP contribution >= 0.6 is 23.4 Å². The van der Waals surface area contributed by atoms with Crippen molar-refractivity contribution in [2.45, 2.75) is 19.0 Å². The fraction of sp³-hybridized carbons (Fsp3) is 0.238. The average Bonchev–Trinajstić information content (AvgIpc) is 3.08. The van der Waals surface area contributed by atoms with Gasteiger partial charge < -0.3 is 10.2 Å². The minimum atomic E-state index is -0.317. The van der Waals surface area contributed by atoms with Crippen LogP contribution in [-0.4, -0.2) is 50.8 Å². The third kappa shape index (κ3) is 5.20. The number of hydrogen-bond acceptors (Lipinski definition) is 5. The van der Waals surface area contributed by atoms with Gasteiger partial charge in [-0.3, -0.25) is 14.2 Å². The molecular weight excluding hydrogens is 422 g/mol. The van der Waals surface area contributed by atoms with Crippen molar-refractivity contribution < 1.29 is 9.59 Å². The maximum Gasteiger partial charge on any atom is 0.244 e. The van der Waals surface area contributed by atoms with E-state index in [9.17, 15) is 9.59 Å². The van der Waals surface area contributed by atoms with Crippen LogP contribution in [0.5, 0.6) is 0 Å². The summed E-state index contributed by atoms with van der Waals surface area (Å²) < 4.78 is 1.93. The van der Waals surface area contributed by atoms with Crippen LogP contribution < -0.4 is 5.32 Å². The first kappa shape index (κ1) is 21.9. The topological polar surface area (TPSA) is 80.1 Å². The van der Waals surface area contributed by atoms with Gasteiger partial charge in [-0.2, -0.15) is 0 Å². The van der Waals surface area contributed by atoms with Gasteiger partial charge in [-0.1, -0.05) is 53.7 Å². The van der Waals surface area contributed by atoms with Crippen molar-refractivity contribution in [3.63, 3.8) is 0 Å². The van der Waals surface area contributed by atoms with Crippen LogP contribution in [0, 0.1) is 13.8 Å². The van der Waals surface area contributed by atoms with Crippen molar-refractivity contribution in [3.8, 4) is 5.69 Å². The summed E-state index contributed by atoms with van der Waals surface area (Å²) in [6, 6.07) is 14.9. The molecule has 0 saturated carbocycles. The highest BCUT2D eigenvalue weighted by Crippen LogP contribution is 2.24. The molecule has 30 heavy (non-hydrogen) atoms. The summed E-state index contributed by atoms with van der Waals surface area (Å²) in [5.41, 5.74) is 2.57. The molecule has 1 heterocycles. The molecule has 9 heteroatoms. The number of halogens is 1. The Labute approximate surface area is 184 Å². The summed E-state index contributed by atoms with van der Waals surface area (Å²) >= 11 is 7.34. The molecule has 7 nitrogen and oxygen atoms in total. The van der Waals surface area contributed by atoms with Gasteiger partial charge in [0.15, 0.2) is 5.16 Å². The number of rotatable bonds is 7. The maximum absolute atomic E-state index is 12.5. The normalized spacial score (nSPS) is 10.7. The molecule has 156 valence electrons. The number of amides is 2. The number of anilines is 1. The van der Waals surface area contributed by atoms with E-state index in [1.165, 1.54) is 16.7 Å². The molecule has 0 bridgehead atoms. The Kier molecular flexibility index (Phi) is 7.12. The van der Waals surface area contributed by atoms with Gasteiger partial charge in [0.25, 0.3) is 0 Å². The number of hydrogen-bond donors (Lipinski definition) is 1. The molecule has 0 aliphatic carbocycles. The molecule has 0 aliphatic heterocycles. The molecule has 0 atom stereocenters. The zero-order valence-corrected chi connectivity index (χ0v) is 18.5. The lowest BCUT2D eigenvalue weighted by molar-refractivity contribution is -0.131. The highest BCUT2D eigenvalue weighted by molar-refractivity contribution is 7.99. The lowest BCUT2D eigenvalue weighted by Crippen LogP contribution is -2.36. The third-order valence-corrected chi connectivity index (χ3v) is 5.67. The van der Waals surface area contributed by atoms with Gasteiger partial charge >= 0.3 is 0 Å². The van der Waals surface area contributed by atoms with Gasteiger partial charge in [-0.05, 0) is 37.6 Å². The first-order chi connectivity index (χ1) is 14.4. The summed E-state index contributed by atoms with van der Waals surface area (Å²) in [7, 11) is 1.59. The quantitative estimate of drug-likeness (QED) is 0.563. The second-order valence-corrected chi connectivity index (χ2v) is 8.07. The number of benzene rings is 2. The molecule has 1 aromatic heterocycles. The molecule has 0 unspecified atom stereocenters. The number of aromatic nitrogens is 3. The van der Waals surface area contributed by atoms with Gasteiger partial charge in [0.2, 0.25) is 11.8 Å². The van der Waals surface area contributed by atoms with E-state index in [4.69, 9.17) is 11.6 Å². The van der Waals surface area contributed by atoms with E-state index in [0.29, 0.717) is 15.9 Å². The summed E-state index contributed by atoms with van der Waals surface area (Å²) in [4.78, 5) is 26.1. The lowest BCUT2D eigenvalue weighted by Gasteiger charge is -2.17. The van der Waals surface area contributed by atoms with Crippen molar-refractivity contribution in [1.29, 1.82) is 0 Å². The average molecular weight is 444 g/mol. The van der Waals surface area contributed by atoms with Crippen molar-refractivity contribution in [3.05, 3.63) is 64.9 Å². The predicted octanol–water partition coefficient (Wildman–Crippen LogP) is 3.73. The van der Waals surface area contributed by atoms with Crippen LogP contribution in [0.25, 0.3) is 5.69 Å². The minimum Gasteiger partial charge on any atom is -0.336 e. The number of carbonyl (C=O) groups is 2. The zero-order valence-electron chi connectivity index (χ0n) is 16.9. The second-order valence-electron chi connectivity index (χ2n) is 6.72. The van der Waals surface area contributed by atoms with Gasteiger partial charge in [0.05, 0.1) is 28.7 Å². The number of thioether (sulfide) groups is 1. The van der Waals surface area contributed by atoms with E-state index in [2.05, 4.69) is 15.5 Å². The second kappa shape index (κ2) is 9.77. The molecule has 0 saturated heterocycles. The Morgan fingerprint density at radius 3 is 2.53 bits per heavy atom. The van der Waals surface area contributed by atoms with Crippen LogP contribution in [0.15, 0.2) is 53.7 Å². The van der Waals surface area contributed by atoms with E-state index in [0.717, 1.165) is 17.1 Å². The number of para-hydroxylation sites is 2. The Bertz CT molecular complexity index is 1070. The molecule has 3 aromatic rings. The van der Waals surface area contributed by atoms with E-state index < -0.39 is 0 Å². The highest BCUT2D eigenvalue weighted by atomic mass is 35.5. The Morgan fingerprint density at radius 2 is 1.80 bits per heavy atom. The number of nitrogens with zero attached hydrogens (tertiary/aromatic N) is 4. The largest absolute Gasteiger partial charge is 0.336 e. The Balaban J connectivity index is 1.60.